The van der Waals surface area contributed by atoms with E-state index < -0.39 is 0 Å². The van der Waals surface area contributed by atoms with E-state index in [4.69, 9.17) is 5.73 Å². The number of rotatable bonds is 5. The molecule has 0 radical (unpaired) electrons. The van der Waals surface area contributed by atoms with Gasteiger partial charge in [0.1, 0.15) is 0 Å². The van der Waals surface area contributed by atoms with Crippen molar-refractivity contribution in [3.8, 4) is 0 Å². The largest absolute Gasteiger partial charge is 0.353 e. The van der Waals surface area contributed by atoms with Crippen molar-refractivity contribution in [1.82, 2.24) is 9.88 Å². The van der Waals surface area contributed by atoms with Crippen LogP contribution in [0.3, 0.4) is 0 Å². The summed E-state index contributed by atoms with van der Waals surface area (Å²) in [5, 5.41) is 2.79. The fourth-order valence-electron chi connectivity index (χ4n) is 1.14. The van der Waals surface area contributed by atoms with E-state index in [0.29, 0.717) is 13.0 Å². The smallest absolute Gasteiger partial charge is 0.236 e. The van der Waals surface area contributed by atoms with Gasteiger partial charge < -0.3 is 15.6 Å². The van der Waals surface area contributed by atoms with E-state index in [0.717, 1.165) is 6.54 Å². The van der Waals surface area contributed by atoms with Crippen LogP contribution >= 0.6 is 0 Å². The summed E-state index contributed by atoms with van der Waals surface area (Å²) in [5.74, 6) is -0.0698. The van der Waals surface area contributed by atoms with Crippen LogP contribution in [0.5, 0.6) is 0 Å². The maximum absolute atomic E-state index is 11.3. The van der Waals surface area contributed by atoms with E-state index in [1.807, 2.05) is 36.0 Å². The molecule has 3 N–H and O–H groups in total. The van der Waals surface area contributed by atoms with Gasteiger partial charge in [-0.3, -0.25) is 4.79 Å². The molecular formula is C10H17N3O. The molecule has 0 saturated heterocycles. The Bertz CT molecular complexity index is 269. The predicted molar refractivity (Wildman–Crippen MR) is 55.7 cm³/mol. The zero-order valence-electron chi connectivity index (χ0n) is 8.44. The second-order valence-electron chi connectivity index (χ2n) is 3.23. The quantitative estimate of drug-likeness (QED) is 0.712. The fraction of sp³-hybridized carbons (Fsp3) is 0.500. The first-order chi connectivity index (χ1) is 6.74. The summed E-state index contributed by atoms with van der Waals surface area (Å²) in [6.07, 6.45) is 4.60. The van der Waals surface area contributed by atoms with Crippen LogP contribution in [0.2, 0.25) is 0 Å². The van der Waals surface area contributed by atoms with Gasteiger partial charge in [-0.05, 0) is 18.6 Å². The first kappa shape index (κ1) is 10.8. The van der Waals surface area contributed by atoms with Crippen molar-refractivity contribution in [2.75, 3.05) is 6.54 Å². The van der Waals surface area contributed by atoms with Crippen molar-refractivity contribution < 1.29 is 4.79 Å². The number of hydrogen-bond acceptors (Lipinski definition) is 2. The number of carbonyl (C=O) groups is 1. The molecule has 4 heteroatoms. The van der Waals surface area contributed by atoms with Gasteiger partial charge in [0.05, 0.1) is 6.04 Å². The Hall–Kier alpha value is -1.29. The van der Waals surface area contributed by atoms with Gasteiger partial charge in [0.25, 0.3) is 0 Å². The van der Waals surface area contributed by atoms with Gasteiger partial charge in [0, 0.05) is 25.5 Å². The number of hydrogen-bond donors (Lipinski definition) is 2. The molecule has 1 heterocycles. The lowest BCUT2D eigenvalue weighted by Gasteiger charge is -2.10. The molecule has 0 saturated carbocycles. The summed E-state index contributed by atoms with van der Waals surface area (Å²) in [4.78, 5) is 11.3. The molecule has 0 fully saturated rings. The molecule has 0 aromatic carbocycles. The number of nitrogens with two attached hydrogens (primary N) is 1. The molecule has 0 aliphatic rings. The van der Waals surface area contributed by atoms with E-state index in [-0.39, 0.29) is 11.9 Å². The van der Waals surface area contributed by atoms with E-state index in [2.05, 4.69) is 5.32 Å². The summed E-state index contributed by atoms with van der Waals surface area (Å²) < 4.78 is 2.01. The summed E-state index contributed by atoms with van der Waals surface area (Å²) in [6, 6.07) is 3.54. The van der Waals surface area contributed by atoms with Crippen molar-refractivity contribution in [2.24, 2.45) is 5.73 Å². The van der Waals surface area contributed by atoms with E-state index in [1.165, 1.54) is 0 Å². The standard InChI is InChI=1S/C10H17N3O/c1-2-9(11)10(14)12-5-8-13-6-3-4-7-13/h3-4,6-7,9H,2,5,8,11H2,1H3,(H,12,14)/t9-/m1/s1. The molecule has 78 valence electrons. The van der Waals surface area contributed by atoms with Crippen molar-refractivity contribution in [2.45, 2.75) is 25.9 Å². The van der Waals surface area contributed by atoms with Gasteiger partial charge in [-0.15, -0.1) is 0 Å². The molecule has 1 aromatic rings. The van der Waals surface area contributed by atoms with Crippen LogP contribution < -0.4 is 11.1 Å². The van der Waals surface area contributed by atoms with Gasteiger partial charge in [0.15, 0.2) is 0 Å². The Morgan fingerprint density at radius 3 is 2.71 bits per heavy atom. The Labute approximate surface area is 84.1 Å². The second-order valence-corrected chi connectivity index (χ2v) is 3.23. The fourth-order valence-corrected chi connectivity index (χ4v) is 1.14. The summed E-state index contributed by atoms with van der Waals surface area (Å²) in [5.41, 5.74) is 5.56. The van der Waals surface area contributed by atoms with E-state index in [9.17, 15) is 4.79 Å². The lowest BCUT2D eigenvalue weighted by Crippen LogP contribution is -2.41. The molecule has 1 rings (SSSR count). The molecule has 4 nitrogen and oxygen atoms in total. The third-order valence-electron chi connectivity index (χ3n) is 2.11. The molecule has 0 unspecified atom stereocenters. The molecule has 1 aromatic heterocycles. The first-order valence-electron chi connectivity index (χ1n) is 4.88. The minimum absolute atomic E-state index is 0.0698. The number of carbonyl (C=O) groups excluding carboxylic acids is 1. The Balaban J connectivity index is 2.18. The third kappa shape index (κ3) is 3.22. The zero-order valence-corrected chi connectivity index (χ0v) is 8.44. The van der Waals surface area contributed by atoms with Crippen molar-refractivity contribution in [3.05, 3.63) is 24.5 Å². The van der Waals surface area contributed by atoms with Gasteiger partial charge in [-0.1, -0.05) is 6.92 Å². The molecule has 0 spiro atoms. The molecule has 0 aliphatic carbocycles. The van der Waals surface area contributed by atoms with Crippen LogP contribution in [0, 0.1) is 0 Å². The van der Waals surface area contributed by atoms with Crippen LogP contribution in [0.4, 0.5) is 0 Å². The monoisotopic (exact) mass is 195 g/mol. The highest BCUT2D eigenvalue weighted by Crippen LogP contribution is 1.89. The van der Waals surface area contributed by atoms with Crippen LogP contribution in [-0.4, -0.2) is 23.1 Å². The normalized spacial score (nSPS) is 12.4. The first-order valence-corrected chi connectivity index (χ1v) is 4.88. The highest BCUT2D eigenvalue weighted by Gasteiger charge is 2.08. The molecule has 0 aliphatic heterocycles. The van der Waals surface area contributed by atoms with Gasteiger partial charge in [-0.25, -0.2) is 0 Å². The minimum Gasteiger partial charge on any atom is -0.353 e. The summed E-state index contributed by atoms with van der Waals surface area (Å²) in [6.45, 7) is 3.31. The topological polar surface area (TPSA) is 60.1 Å². The number of nitrogens with zero attached hydrogens (tertiary/aromatic N) is 1. The summed E-state index contributed by atoms with van der Waals surface area (Å²) >= 11 is 0. The van der Waals surface area contributed by atoms with Crippen molar-refractivity contribution in [1.29, 1.82) is 0 Å². The SMILES string of the molecule is CC[C@@H](N)C(=O)NCCn1cccc1. The average Bonchev–Trinajstić information content (AvgIpc) is 2.69. The Morgan fingerprint density at radius 2 is 2.14 bits per heavy atom. The molecular weight excluding hydrogens is 178 g/mol. The van der Waals surface area contributed by atoms with E-state index in [1.54, 1.807) is 0 Å². The van der Waals surface area contributed by atoms with Crippen molar-refractivity contribution in [3.63, 3.8) is 0 Å². The van der Waals surface area contributed by atoms with Crippen LogP contribution in [0.15, 0.2) is 24.5 Å². The molecule has 1 atom stereocenters. The number of nitrogens with one attached hydrogen (secondary N) is 1. The summed E-state index contributed by atoms with van der Waals surface area (Å²) in [7, 11) is 0. The Morgan fingerprint density at radius 1 is 1.50 bits per heavy atom. The van der Waals surface area contributed by atoms with Crippen LogP contribution in [0.1, 0.15) is 13.3 Å². The lowest BCUT2D eigenvalue weighted by molar-refractivity contribution is -0.122. The van der Waals surface area contributed by atoms with Gasteiger partial charge >= 0.3 is 0 Å². The molecule has 1 amide bonds. The molecule has 14 heavy (non-hydrogen) atoms. The van der Waals surface area contributed by atoms with Gasteiger partial charge in [-0.2, -0.15) is 0 Å². The molecule has 0 bridgehead atoms. The predicted octanol–water partition coefficient (Wildman–Crippen LogP) is 0.342. The second kappa shape index (κ2) is 5.44. The van der Waals surface area contributed by atoms with Gasteiger partial charge in [0.2, 0.25) is 5.91 Å². The maximum Gasteiger partial charge on any atom is 0.236 e. The third-order valence-corrected chi connectivity index (χ3v) is 2.11. The average molecular weight is 195 g/mol. The number of aromatic nitrogens is 1. The van der Waals surface area contributed by atoms with Crippen LogP contribution in [-0.2, 0) is 11.3 Å². The van der Waals surface area contributed by atoms with Crippen LogP contribution in [0.25, 0.3) is 0 Å². The number of amides is 1. The highest BCUT2D eigenvalue weighted by molar-refractivity contribution is 5.81. The zero-order chi connectivity index (χ0) is 10.4. The Kier molecular flexibility index (Phi) is 4.19. The maximum atomic E-state index is 11.3. The lowest BCUT2D eigenvalue weighted by atomic mass is 10.2. The van der Waals surface area contributed by atoms with E-state index >= 15 is 0 Å². The minimum atomic E-state index is -0.375. The highest BCUT2D eigenvalue weighted by atomic mass is 16.2. The van der Waals surface area contributed by atoms with Crippen molar-refractivity contribution >= 4 is 5.91 Å².